The van der Waals surface area contributed by atoms with Gasteiger partial charge in [0.25, 0.3) is 0 Å². The molecular weight excluding hydrogens is 504 g/mol. The van der Waals surface area contributed by atoms with Crippen molar-refractivity contribution in [2.24, 2.45) is 0 Å². The van der Waals surface area contributed by atoms with Gasteiger partial charge in [-0.05, 0) is 60.9 Å². The zero-order valence-electron chi connectivity index (χ0n) is 18.6. The number of carbonyl (C=O) groups is 1. The monoisotopic (exact) mass is 530 g/mol. The van der Waals surface area contributed by atoms with Crippen LogP contribution in [0.1, 0.15) is 24.1 Å². The van der Waals surface area contributed by atoms with Gasteiger partial charge in [-0.25, -0.2) is 8.42 Å². The van der Waals surface area contributed by atoms with E-state index in [2.05, 4.69) is 21.2 Å². The zero-order valence-corrected chi connectivity index (χ0v) is 21.0. The van der Waals surface area contributed by atoms with Crippen LogP contribution in [0.2, 0.25) is 0 Å². The number of halogens is 1. The Balaban J connectivity index is 1.78. The first-order valence-corrected chi connectivity index (χ1v) is 12.8. The average Bonchev–Trinajstić information content (AvgIpc) is 2.82. The average molecular weight is 531 g/mol. The number of sulfonamides is 1. The number of methoxy groups -OCH3 is 1. The van der Waals surface area contributed by atoms with E-state index in [0.717, 1.165) is 15.6 Å². The van der Waals surface area contributed by atoms with Crippen LogP contribution in [-0.4, -0.2) is 38.8 Å². The number of amides is 1. The Hall–Kier alpha value is -2.68. The van der Waals surface area contributed by atoms with Crippen molar-refractivity contribution in [3.8, 4) is 5.75 Å². The molecule has 0 heterocycles. The molecule has 33 heavy (non-hydrogen) atoms. The number of rotatable bonds is 10. The molecule has 3 aromatic rings. The highest BCUT2D eigenvalue weighted by molar-refractivity contribution is 9.10. The number of ether oxygens (including phenoxy) is 1. The number of nitrogens with zero attached hydrogens (tertiary/aromatic N) is 1. The summed E-state index contributed by atoms with van der Waals surface area (Å²) in [5, 5.41) is 2.91. The number of nitrogens with one attached hydrogen (secondary N) is 1. The van der Waals surface area contributed by atoms with E-state index in [1.165, 1.54) is 23.5 Å². The fourth-order valence-electron chi connectivity index (χ4n) is 3.39. The van der Waals surface area contributed by atoms with Crippen molar-refractivity contribution in [2.45, 2.75) is 24.3 Å². The lowest BCUT2D eigenvalue weighted by Crippen LogP contribution is -2.42. The Labute approximate surface area is 203 Å². The molecule has 0 spiro atoms. The SMILES string of the molecule is COc1ccc(S(=O)(=O)N(CCc2ccccc2)CC(=O)NC(C)c2cccc(Br)c2)cc1. The lowest BCUT2D eigenvalue weighted by atomic mass is 10.1. The summed E-state index contributed by atoms with van der Waals surface area (Å²) in [6.45, 7) is 1.77. The maximum atomic E-state index is 13.4. The van der Waals surface area contributed by atoms with Gasteiger partial charge in [0.1, 0.15) is 5.75 Å². The summed E-state index contributed by atoms with van der Waals surface area (Å²) >= 11 is 3.43. The molecule has 0 aliphatic carbocycles. The molecule has 1 atom stereocenters. The highest BCUT2D eigenvalue weighted by Gasteiger charge is 2.27. The van der Waals surface area contributed by atoms with E-state index in [1.54, 1.807) is 12.1 Å². The molecule has 0 saturated carbocycles. The predicted octanol–water partition coefficient (Wildman–Crippen LogP) is 4.57. The van der Waals surface area contributed by atoms with Gasteiger partial charge in [-0.3, -0.25) is 4.79 Å². The van der Waals surface area contributed by atoms with Crippen molar-refractivity contribution in [3.05, 3.63) is 94.5 Å². The van der Waals surface area contributed by atoms with Gasteiger partial charge in [-0.2, -0.15) is 4.31 Å². The maximum absolute atomic E-state index is 13.4. The first kappa shape index (κ1) is 25.0. The predicted molar refractivity (Wildman–Crippen MR) is 133 cm³/mol. The van der Waals surface area contributed by atoms with Gasteiger partial charge >= 0.3 is 0 Å². The fraction of sp³-hybridized carbons (Fsp3) is 0.240. The molecule has 0 saturated heterocycles. The molecule has 174 valence electrons. The first-order valence-electron chi connectivity index (χ1n) is 10.5. The maximum Gasteiger partial charge on any atom is 0.243 e. The second kappa shape index (κ2) is 11.4. The Bertz CT molecular complexity index is 1170. The van der Waals surface area contributed by atoms with E-state index in [1.807, 2.05) is 61.5 Å². The van der Waals surface area contributed by atoms with Crippen molar-refractivity contribution < 1.29 is 17.9 Å². The molecule has 0 aliphatic heterocycles. The molecule has 0 bridgehead atoms. The number of hydrogen-bond acceptors (Lipinski definition) is 4. The minimum absolute atomic E-state index is 0.115. The third kappa shape index (κ3) is 6.90. The van der Waals surface area contributed by atoms with Crippen LogP contribution < -0.4 is 10.1 Å². The van der Waals surface area contributed by atoms with Gasteiger partial charge in [0, 0.05) is 11.0 Å². The quantitative estimate of drug-likeness (QED) is 0.416. The van der Waals surface area contributed by atoms with Crippen LogP contribution in [0.3, 0.4) is 0 Å². The number of benzene rings is 3. The largest absolute Gasteiger partial charge is 0.497 e. The van der Waals surface area contributed by atoms with Crippen LogP contribution in [0.25, 0.3) is 0 Å². The lowest BCUT2D eigenvalue weighted by Gasteiger charge is -2.23. The Morgan fingerprint density at radius 1 is 1.03 bits per heavy atom. The first-order chi connectivity index (χ1) is 15.8. The Morgan fingerprint density at radius 2 is 1.73 bits per heavy atom. The third-order valence-corrected chi connectivity index (χ3v) is 7.59. The van der Waals surface area contributed by atoms with Crippen LogP contribution in [0, 0.1) is 0 Å². The molecule has 1 N–H and O–H groups in total. The van der Waals surface area contributed by atoms with E-state index in [4.69, 9.17) is 4.74 Å². The van der Waals surface area contributed by atoms with E-state index in [0.29, 0.717) is 12.2 Å². The van der Waals surface area contributed by atoms with E-state index >= 15 is 0 Å². The summed E-state index contributed by atoms with van der Waals surface area (Å²) in [6, 6.07) is 23.1. The van der Waals surface area contributed by atoms with Gasteiger partial charge in [0.2, 0.25) is 15.9 Å². The van der Waals surface area contributed by atoms with Crippen LogP contribution >= 0.6 is 15.9 Å². The molecule has 1 amide bonds. The summed E-state index contributed by atoms with van der Waals surface area (Å²) in [4.78, 5) is 13.0. The molecular formula is C25H27BrN2O4S. The van der Waals surface area contributed by atoms with E-state index < -0.39 is 10.0 Å². The molecule has 3 rings (SSSR count). The molecule has 1 unspecified atom stereocenters. The lowest BCUT2D eigenvalue weighted by molar-refractivity contribution is -0.121. The van der Waals surface area contributed by atoms with Crippen LogP contribution in [-0.2, 0) is 21.2 Å². The van der Waals surface area contributed by atoms with Gasteiger partial charge in [0.15, 0.2) is 0 Å². The zero-order chi connectivity index (χ0) is 23.8. The minimum atomic E-state index is -3.89. The van der Waals surface area contributed by atoms with Crippen molar-refractivity contribution in [1.82, 2.24) is 9.62 Å². The van der Waals surface area contributed by atoms with Gasteiger partial charge < -0.3 is 10.1 Å². The van der Waals surface area contributed by atoms with Crippen molar-refractivity contribution in [3.63, 3.8) is 0 Å². The summed E-state index contributed by atoms with van der Waals surface area (Å²) < 4.78 is 34.0. The van der Waals surface area contributed by atoms with Crippen LogP contribution in [0.5, 0.6) is 5.75 Å². The number of carbonyl (C=O) groups excluding carboxylic acids is 1. The minimum Gasteiger partial charge on any atom is -0.497 e. The molecule has 0 aromatic heterocycles. The molecule has 6 nitrogen and oxygen atoms in total. The summed E-state index contributed by atoms with van der Waals surface area (Å²) in [5.74, 6) is 0.193. The van der Waals surface area contributed by atoms with Crippen molar-refractivity contribution in [1.29, 1.82) is 0 Å². The van der Waals surface area contributed by atoms with Gasteiger partial charge in [0.05, 0.1) is 24.6 Å². The smallest absolute Gasteiger partial charge is 0.243 e. The molecule has 3 aromatic carbocycles. The van der Waals surface area contributed by atoms with Crippen LogP contribution in [0.15, 0.2) is 88.2 Å². The van der Waals surface area contributed by atoms with Crippen molar-refractivity contribution in [2.75, 3.05) is 20.2 Å². The molecule has 0 aliphatic rings. The normalized spacial score (nSPS) is 12.4. The highest BCUT2D eigenvalue weighted by atomic mass is 79.9. The second-order valence-electron chi connectivity index (χ2n) is 7.59. The highest BCUT2D eigenvalue weighted by Crippen LogP contribution is 2.21. The van der Waals surface area contributed by atoms with E-state index in [9.17, 15) is 13.2 Å². The van der Waals surface area contributed by atoms with Gasteiger partial charge in [-0.1, -0.05) is 58.4 Å². The summed E-state index contributed by atoms with van der Waals surface area (Å²) in [7, 11) is -2.37. The van der Waals surface area contributed by atoms with Gasteiger partial charge in [-0.15, -0.1) is 0 Å². The summed E-state index contributed by atoms with van der Waals surface area (Å²) in [5.41, 5.74) is 1.92. The Kier molecular flexibility index (Phi) is 8.66. The summed E-state index contributed by atoms with van der Waals surface area (Å²) in [6.07, 6.45) is 0.491. The van der Waals surface area contributed by atoms with E-state index in [-0.39, 0.29) is 29.9 Å². The standard InChI is InChI=1S/C25H27BrN2O4S/c1-19(21-9-6-10-22(26)17-21)27-25(29)18-28(16-15-20-7-4-3-5-8-20)33(30,31)24-13-11-23(32-2)12-14-24/h3-14,17,19H,15-16,18H2,1-2H3,(H,27,29). The Morgan fingerprint density at radius 3 is 2.36 bits per heavy atom. The molecule has 0 fully saturated rings. The topological polar surface area (TPSA) is 75.7 Å². The number of hydrogen-bond donors (Lipinski definition) is 1. The van der Waals surface area contributed by atoms with Crippen molar-refractivity contribution >= 4 is 31.9 Å². The third-order valence-electron chi connectivity index (χ3n) is 5.24. The molecule has 8 heteroatoms. The second-order valence-corrected chi connectivity index (χ2v) is 10.4. The van der Waals surface area contributed by atoms with Crippen LogP contribution in [0.4, 0.5) is 0 Å². The fourth-order valence-corrected chi connectivity index (χ4v) is 5.20. The molecule has 0 radical (unpaired) electrons.